The molecule has 30 heavy (non-hydrogen) atoms. The minimum atomic E-state index is -1.12. The van der Waals surface area contributed by atoms with Crippen molar-refractivity contribution in [3.8, 4) is 22.3 Å². The molecular weight excluding hydrogens is 378 g/mol. The summed E-state index contributed by atoms with van der Waals surface area (Å²) in [5, 5.41) is 12.3. The second kappa shape index (κ2) is 8.36. The van der Waals surface area contributed by atoms with Crippen LogP contribution in [0.5, 0.6) is 0 Å². The van der Waals surface area contributed by atoms with E-state index in [2.05, 4.69) is 15.3 Å². The predicted molar refractivity (Wildman–Crippen MR) is 114 cm³/mol. The van der Waals surface area contributed by atoms with Crippen LogP contribution in [0.1, 0.15) is 20.7 Å². The zero-order valence-corrected chi connectivity index (χ0v) is 15.8. The highest BCUT2D eigenvalue weighted by Gasteiger charge is 2.16. The number of carboxylic acids is 1. The lowest BCUT2D eigenvalue weighted by Gasteiger charge is -2.12. The molecule has 0 spiro atoms. The van der Waals surface area contributed by atoms with E-state index in [0.29, 0.717) is 5.56 Å². The molecule has 1 amide bonds. The van der Waals surface area contributed by atoms with Crippen LogP contribution in [0.2, 0.25) is 0 Å². The molecule has 0 saturated heterocycles. The van der Waals surface area contributed by atoms with Crippen LogP contribution in [-0.2, 0) is 0 Å². The van der Waals surface area contributed by atoms with Crippen LogP contribution < -0.4 is 5.32 Å². The topological polar surface area (TPSA) is 92.2 Å². The third kappa shape index (κ3) is 4.07. The van der Waals surface area contributed by atoms with Gasteiger partial charge in [0.15, 0.2) is 0 Å². The second-order valence-corrected chi connectivity index (χ2v) is 6.59. The van der Waals surface area contributed by atoms with E-state index >= 15 is 0 Å². The Morgan fingerprint density at radius 2 is 1.50 bits per heavy atom. The molecule has 0 unspecified atom stereocenters. The normalized spacial score (nSPS) is 10.4. The predicted octanol–water partition coefficient (Wildman–Crippen LogP) is 4.76. The number of carbonyl (C=O) groups excluding carboxylic acids is 1. The van der Waals surface area contributed by atoms with E-state index in [9.17, 15) is 14.7 Å². The minimum Gasteiger partial charge on any atom is -0.478 e. The first-order valence-electron chi connectivity index (χ1n) is 9.21. The summed E-state index contributed by atoms with van der Waals surface area (Å²) in [7, 11) is 0. The zero-order chi connectivity index (χ0) is 20.9. The molecule has 0 aliphatic heterocycles. The van der Waals surface area contributed by atoms with Crippen LogP contribution in [-0.4, -0.2) is 27.0 Å². The highest BCUT2D eigenvalue weighted by Crippen LogP contribution is 2.27. The van der Waals surface area contributed by atoms with E-state index in [1.165, 1.54) is 12.3 Å². The van der Waals surface area contributed by atoms with Gasteiger partial charge in [0, 0.05) is 35.9 Å². The number of carboxylic acid groups (broad SMARTS) is 1. The van der Waals surface area contributed by atoms with Crippen LogP contribution in [0.3, 0.4) is 0 Å². The molecule has 0 bridgehead atoms. The van der Waals surface area contributed by atoms with Crippen molar-refractivity contribution >= 4 is 17.6 Å². The maximum atomic E-state index is 12.9. The molecule has 0 aliphatic rings. The number of nitrogens with one attached hydrogen (secondary N) is 1. The van der Waals surface area contributed by atoms with E-state index < -0.39 is 11.9 Å². The van der Waals surface area contributed by atoms with Crippen LogP contribution in [0.15, 0.2) is 91.5 Å². The van der Waals surface area contributed by atoms with E-state index in [0.717, 1.165) is 22.3 Å². The molecule has 4 rings (SSSR count). The fourth-order valence-electron chi connectivity index (χ4n) is 3.09. The van der Waals surface area contributed by atoms with Gasteiger partial charge in [-0.05, 0) is 35.4 Å². The van der Waals surface area contributed by atoms with Gasteiger partial charge in [-0.1, -0.05) is 42.5 Å². The Hall–Kier alpha value is -4.32. The van der Waals surface area contributed by atoms with Crippen molar-refractivity contribution in [2.75, 3.05) is 5.32 Å². The molecule has 2 aromatic heterocycles. The van der Waals surface area contributed by atoms with Gasteiger partial charge in [0.05, 0.1) is 16.8 Å². The van der Waals surface area contributed by atoms with Gasteiger partial charge in [-0.25, -0.2) is 4.79 Å². The number of hydrogen-bond donors (Lipinski definition) is 2. The van der Waals surface area contributed by atoms with Gasteiger partial charge >= 0.3 is 5.97 Å². The number of hydrogen-bond acceptors (Lipinski definition) is 4. The SMILES string of the molecule is O=C(Nc1cc(-c2ccccc2)ccc1C(=O)O)c1cncc(-c2cccnc2)c1. The van der Waals surface area contributed by atoms with Gasteiger partial charge in [0.2, 0.25) is 0 Å². The van der Waals surface area contributed by atoms with Crippen molar-refractivity contribution in [3.63, 3.8) is 0 Å². The lowest BCUT2D eigenvalue weighted by molar-refractivity contribution is 0.0698. The highest BCUT2D eigenvalue weighted by molar-refractivity contribution is 6.08. The van der Waals surface area contributed by atoms with Crippen molar-refractivity contribution in [3.05, 3.63) is 103 Å². The van der Waals surface area contributed by atoms with Gasteiger partial charge in [0.25, 0.3) is 5.91 Å². The summed E-state index contributed by atoms with van der Waals surface area (Å²) in [5.74, 6) is -1.56. The van der Waals surface area contributed by atoms with Gasteiger partial charge in [0.1, 0.15) is 0 Å². The van der Waals surface area contributed by atoms with Crippen molar-refractivity contribution in [1.29, 1.82) is 0 Å². The van der Waals surface area contributed by atoms with E-state index in [1.54, 1.807) is 42.9 Å². The molecule has 0 fully saturated rings. The fourth-order valence-corrected chi connectivity index (χ4v) is 3.09. The first kappa shape index (κ1) is 19.0. The molecule has 6 heteroatoms. The van der Waals surface area contributed by atoms with Crippen molar-refractivity contribution in [2.24, 2.45) is 0 Å². The summed E-state index contributed by atoms with van der Waals surface area (Å²) in [6, 6.07) is 19.8. The Morgan fingerprint density at radius 1 is 0.733 bits per heavy atom. The molecule has 2 aromatic carbocycles. The molecule has 2 heterocycles. The molecule has 0 atom stereocenters. The van der Waals surface area contributed by atoms with Crippen molar-refractivity contribution < 1.29 is 14.7 Å². The molecule has 0 radical (unpaired) electrons. The van der Waals surface area contributed by atoms with E-state index in [1.807, 2.05) is 36.4 Å². The molecule has 146 valence electrons. The number of aromatic nitrogens is 2. The number of aromatic carboxylic acids is 1. The summed E-state index contributed by atoms with van der Waals surface area (Å²) in [6.07, 6.45) is 6.44. The Kier molecular flexibility index (Phi) is 5.30. The maximum absolute atomic E-state index is 12.9. The number of benzene rings is 2. The first-order chi connectivity index (χ1) is 14.6. The van der Waals surface area contributed by atoms with Crippen LogP contribution >= 0.6 is 0 Å². The fraction of sp³-hybridized carbons (Fsp3) is 0. The lowest BCUT2D eigenvalue weighted by atomic mass is 10.0. The van der Waals surface area contributed by atoms with Gasteiger partial charge in [-0.2, -0.15) is 0 Å². The Balaban J connectivity index is 1.66. The number of carbonyl (C=O) groups is 2. The number of pyridine rings is 2. The zero-order valence-electron chi connectivity index (χ0n) is 15.8. The molecule has 4 aromatic rings. The largest absolute Gasteiger partial charge is 0.478 e. The monoisotopic (exact) mass is 395 g/mol. The average molecular weight is 395 g/mol. The van der Waals surface area contributed by atoms with Crippen molar-refractivity contribution in [2.45, 2.75) is 0 Å². The standard InChI is InChI=1S/C24H17N3O3/c28-23(20-11-19(14-26-15-20)18-7-4-10-25-13-18)27-22-12-17(8-9-21(22)24(29)30)16-5-2-1-3-6-16/h1-15H,(H,27,28)(H,29,30). The molecular formula is C24H17N3O3. The Labute approximate surface area is 172 Å². The number of amides is 1. The van der Waals surface area contributed by atoms with Gasteiger partial charge < -0.3 is 10.4 Å². The smallest absolute Gasteiger partial charge is 0.337 e. The number of rotatable bonds is 5. The summed E-state index contributed by atoms with van der Waals surface area (Å²) >= 11 is 0. The van der Waals surface area contributed by atoms with Gasteiger partial charge in [-0.15, -0.1) is 0 Å². The maximum Gasteiger partial charge on any atom is 0.337 e. The second-order valence-electron chi connectivity index (χ2n) is 6.59. The summed E-state index contributed by atoms with van der Waals surface area (Å²) < 4.78 is 0. The third-order valence-electron chi connectivity index (χ3n) is 4.60. The summed E-state index contributed by atoms with van der Waals surface area (Å²) in [6.45, 7) is 0. The summed E-state index contributed by atoms with van der Waals surface area (Å²) in [5.41, 5.74) is 3.85. The molecule has 2 N–H and O–H groups in total. The number of anilines is 1. The molecule has 0 aliphatic carbocycles. The first-order valence-corrected chi connectivity index (χ1v) is 9.21. The lowest BCUT2D eigenvalue weighted by Crippen LogP contribution is -2.15. The van der Waals surface area contributed by atoms with Crippen LogP contribution in [0, 0.1) is 0 Å². The van der Waals surface area contributed by atoms with Gasteiger partial charge in [-0.3, -0.25) is 14.8 Å². The number of nitrogens with zero attached hydrogens (tertiary/aromatic N) is 2. The van der Waals surface area contributed by atoms with Crippen LogP contribution in [0.25, 0.3) is 22.3 Å². The van der Waals surface area contributed by atoms with E-state index in [4.69, 9.17) is 0 Å². The summed E-state index contributed by atoms with van der Waals surface area (Å²) in [4.78, 5) is 32.7. The minimum absolute atomic E-state index is 0.0133. The Morgan fingerprint density at radius 3 is 2.23 bits per heavy atom. The van der Waals surface area contributed by atoms with Crippen molar-refractivity contribution in [1.82, 2.24) is 9.97 Å². The third-order valence-corrected chi connectivity index (χ3v) is 4.60. The average Bonchev–Trinajstić information content (AvgIpc) is 2.80. The van der Waals surface area contributed by atoms with E-state index in [-0.39, 0.29) is 11.3 Å². The van der Waals surface area contributed by atoms with Crippen LogP contribution in [0.4, 0.5) is 5.69 Å². The molecule has 0 saturated carbocycles. The molecule has 6 nitrogen and oxygen atoms in total. The Bertz CT molecular complexity index is 1210. The highest BCUT2D eigenvalue weighted by atomic mass is 16.4. The quantitative estimate of drug-likeness (QED) is 0.508.